The highest BCUT2D eigenvalue weighted by molar-refractivity contribution is 5.20. The summed E-state index contributed by atoms with van der Waals surface area (Å²) in [4.78, 5) is 2.58. The van der Waals surface area contributed by atoms with Crippen molar-refractivity contribution in [2.24, 2.45) is 0 Å². The number of hydrogen-bond acceptors (Lipinski definition) is 3. The highest BCUT2D eigenvalue weighted by atomic mass is 16.3. The van der Waals surface area contributed by atoms with Crippen LogP contribution in [-0.2, 0) is 13.1 Å². The topological polar surface area (TPSA) is 28.4 Å². The molecule has 21 heavy (non-hydrogen) atoms. The SMILES string of the molecule is CCCCN(CCCC)Cc1cc(CNCCC)oc1C. The summed E-state index contributed by atoms with van der Waals surface area (Å²) < 4.78 is 5.88. The molecule has 0 aliphatic rings. The molecule has 122 valence electrons. The Hall–Kier alpha value is -0.800. The molecule has 3 heteroatoms. The van der Waals surface area contributed by atoms with Gasteiger partial charge in [0.1, 0.15) is 11.5 Å². The van der Waals surface area contributed by atoms with Gasteiger partial charge in [-0.3, -0.25) is 4.90 Å². The van der Waals surface area contributed by atoms with E-state index in [1.807, 2.05) is 0 Å². The molecule has 0 saturated carbocycles. The van der Waals surface area contributed by atoms with Crippen LogP contribution in [0.25, 0.3) is 0 Å². The molecule has 1 aromatic heterocycles. The molecular weight excluding hydrogens is 260 g/mol. The second-order valence-electron chi connectivity index (χ2n) is 5.95. The molecule has 1 rings (SSSR count). The lowest BCUT2D eigenvalue weighted by Crippen LogP contribution is -2.25. The van der Waals surface area contributed by atoms with Gasteiger partial charge in [-0.15, -0.1) is 0 Å². The Labute approximate surface area is 131 Å². The average molecular weight is 294 g/mol. The largest absolute Gasteiger partial charge is 0.465 e. The molecule has 0 radical (unpaired) electrons. The summed E-state index contributed by atoms with van der Waals surface area (Å²) in [6.07, 6.45) is 6.25. The number of unbranched alkanes of at least 4 members (excludes halogenated alkanes) is 2. The summed E-state index contributed by atoms with van der Waals surface area (Å²) in [5.74, 6) is 2.16. The van der Waals surface area contributed by atoms with Crippen molar-refractivity contribution in [3.63, 3.8) is 0 Å². The van der Waals surface area contributed by atoms with Gasteiger partial charge in [-0.1, -0.05) is 33.6 Å². The van der Waals surface area contributed by atoms with E-state index >= 15 is 0 Å². The van der Waals surface area contributed by atoms with E-state index in [2.05, 4.69) is 44.0 Å². The highest BCUT2D eigenvalue weighted by Crippen LogP contribution is 2.17. The predicted molar refractivity (Wildman–Crippen MR) is 90.5 cm³/mol. The fourth-order valence-corrected chi connectivity index (χ4v) is 2.49. The Bertz CT molecular complexity index is 365. The van der Waals surface area contributed by atoms with Gasteiger partial charge < -0.3 is 9.73 Å². The third-order valence-corrected chi connectivity index (χ3v) is 3.85. The quantitative estimate of drug-likeness (QED) is 0.576. The zero-order valence-corrected chi connectivity index (χ0v) is 14.5. The Morgan fingerprint density at radius 2 is 1.71 bits per heavy atom. The molecule has 1 aromatic rings. The van der Waals surface area contributed by atoms with Gasteiger partial charge in [0.25, 0.3) is 0 Å². The van der Waals surface area contributed by atoms with Crippen LogP contribution in [0, 0.1) is 6.92 Å². The van der Waals surface area contributed by atoms with Crippen molar-refractivity contribution in [2.45, 2.75) is 72.9 Å². The second kappa shape index (κ2) is 10.9. The minimum atomic E-state index is 0.846. The first-order valence-corrected chi connectivity index (χ1v) is 8.72. The molecule has 1 N–H and O–H groups in total. The van der Waals surface area contributed by atoms with Crippen molar-refractivity contribution in [1.82, 2.24) is 10.2 Å². The molecular formula is C18H34N2O. The summed E-state index contributed by atoms with van der Waals surface area (Å²) in [6.45, 7) is 14.1. The van der Waals surface area contributed by atoms with Crippen LogP contribution in [0.1, 0.15) is 70.0 Å². The van der Waals surface area contributed by atoms with Gasteiger partial charge in [0.05, 0.1) is 6.54 Å². The number of nitrogens with zero attached hydrogens (tertiary/aromatic N) is 1. The summed E-state index contributed by atoms with van der Waals surface area (Å²) in [7, 11) is 0. The summed E-state index contributed by atoms with van der Waals surface area (Å²) in [5.41, 5.74) is 1.36. The number of furan rings is 1. The number of rotatable bonds is 12. The third kappa shape index (κ3) is 7.14. The van der Waals surface area contributed by atoms with Crippen LogP contribution in [0.4, 0.5) is 0 Å². The first-order chi connectivity index (χ1) is 10.2. The van der Waals surface area contributed by atoms with Crippen LogP contribution in [0.15, 0.2) is 10.5 Å². The minimum Gasteiger partial charge on any atom is -0.465 e. The zero-order valence-electron chi connectivity index (χ0n) is 14.5. The van der Waals surface area contributed by atoms with E-state index < -0.39 is 0 Å². The number of aryl methyl sites for hydroxylation is 1. The van der Waals surface area contributed by atoms with Crippen molar-refractivity contribution in [2.75, 3.05) is 19.6 Å². The van der Waals surface area contributed by atoms with E-state index in [4.69, 9.17) is 4.42 Å². The molecule has 3 nitrogen and oxygen atoms in total. The molecule has 0 atom stereocenters. The first-order valence-electron chi connectivity index (χ1n) is 8.72. The lowest BCUT2D eigenvalue weighted by Gasteiger charge is -2.21. The van der Waals surface area contributed by atoms with E-state index in [-0.39, 0.29) is 0 Å². The number of nitrogens with one attached hydrogen (secondary N) is 1. The highest BCUT2D eigenvalue weighted by Gasteiger charge is 2.11. The lowest BCUT2D eigenvalue weighted by molar-refractivity contribution is 0.255. The van der Waals surface area contributed by atoms with E-state index in [0.717, 1.165) is 37.6 Å². The van der Waals surface area contributed by atoms with E-state index in [9.17, 15) is 0 Å². The molecule has 0 saturated heterocycles. The third-order valence-electron chi connectivity index (χ3n) is 3.85. The molecule has 0 amide bonds. The van der Waals surface area contributed by atoms with E-state index in [0.29, 0.717) is 0 Å². The van der Waals surface area contributed by atoms with Gasteiger partial charge in [0.2, 0.25) is 0 Å². The summed E-state index contributed by atoms with van der Waals surface area (Å²) >= 11 is 0. The molecule has 0 spiro atoms. The van der Waals surface area contributed by atoms with Gasteiger partial charge in [0.15, 0.2) is 0 Å². The van der Waals surface area contributed by atoms with Crippen LogP contribution >= 0.6 is 0 Å². The fourth-order valence-electron chi connectivity index (χ4n) is 2.49. The van der Waals surface area contributed by atoms with Crippen LogP contribution in [0.5, 0.6) is 0 Å². The van der Waals surface area contributed by atoms with Crippen molar-refractivity contribution in [1.29, 1.82) is 0 Å². The van der Waals surface area contributed by atoms with Crippen LogP contribution in [0.2, 0.25) is 0 Å². The monoisotopic (exact) mass is 294 g/mol. The molecule has 0 aliphatic heterocycles. The maximum atomic E-state index is 5.88. The predicted octanol–water partition coefficient (Wildman–Crippen LogP) is 4.49. The Morgan fingerprint density at radius 3 is 2.29 bits per heavy atom. The zero-order chi connectivity index (χ0) is 15.5. The minimum absolute atomic E-state index is 0.846. The molecule has 0 fully saturated rings. The van der Waals surface area contributed by atoms with E-state index in [1.165, 1.54) is 44.3 Å². The Morgan fingerprint density at radius 1 is 1.05 bits per heavy atom. The van der Waals surface area contributed by atoms with Gasteiger partial charge in [-0.25, -0.2) is 0 Å². The van der Waals surface area contributed by atoms with Gasteiger partial charge >= 0.3 is 0 Å². The van der Waals surface area contributed by atoms with Crippen molar-refractivity contribution in [3.8, 4) is 0 Å². The van der Waals surface area contributed by atoms with Crippen molar-refractivity contribution >= 4 is 0 Å². The van der Waals surface area contributed by atoms with Crippen molar-refractivity contribution in [3.05, 3.63) is 23.2 Å². The number of hydrogen-bond donors (Lipinski definition) is 1. The summed E-state index contributed by atoms with van der Waals surface area (Å²) in [6, 6.07) is 2.24. The van der Waals surface area contributed by atoms with Gasteiger partial charge in [-0.2, -0.15) is 0 Å². The lowest BCUT2D eigenvalue weighted by atomic mass is 10.2. The second-order valence-corrected chi connectivity index (χ2v) is 5.95. The maximum Gasteiger partial charge on any atom is 0.118 e. The first kappa shape index (κ1) is 18.2. The Kier molecular flexibility index (Phi) is 9.44. The molecule has 0 aromatic carbocycles. The maximum absolute atomic E-state index is 5.88. The van der Waals surface area contributed by atoms with E-state index in [1.54, 1.807) is 0 Å². The average Bonchev–Trinajstić information content (AvgIpc) is 2.82. The van der Waals surface area contributed by atoms with Crippen LogP contribution in [-0.4, -0.2) is 24.5 Å². The van der Waals surface area contributed by atoms with Crippen LogP contribution < -0.4 is 5.32 Å². The van der Waals surface area contributed by atoms with Crippen molar-refractivity contribution < 1.29 is 4.42 Å². The van der Waals surface area contributed by atoms with Crippen LogP contribution in [0.3, 0.4) is 0 Å². The standard InChI is InChI=1S/C18H34N2O/c1-5-8-11-20(12-9-6-2)15-17-13-18(21-16(17)4)14-19-10-7-3/h13,19H,5-12,14-15H2,1-4H3. The molecule has 0 unspecified atom stereocenters. The Balaban J connectivity index is 2.55. The summed E-state index contributed by atoms with van der Waals surface area (Å²) in [5, 5.41) is 3.41. The van der Waals surface area contributed by atoms with Gasteiger partial charge in [-0.05, 0) is 51.9 Å². The van der Waals surface area contributed by atoms with Gasteiger partial charge in [0, 0.05) is 12.1 Å². The fraction of sp³-hybridized carbons (Fsp3) is 0.778. The molecule has 0 bridgehead atoms. The smallest absolute Gasteiger partial charge is 0.118 e. The normalized spacial score (nSPS) is 11.5. The molecule has 0 aliphatic carbocycles. The molecule has 1 heterocycles.